The van der Waals surface area contributed by atoms with Gasteiger partial charge < -0.3 is 61.5 Å². The second kappa shape index (κ2) is 54.8. The fourth-order valence-corrected chi connectivity index (χ4v) is 0. The molecule has 1 atom stereocenters. The zero-order chi connectivity index (χ0) is 9.15. The van der Waals surface area contributed by atoms with E-state index in [-0.39, 0.29) is 59.5 Å². The topological polar surface area (TPSA) is 0 Å². The average molecular weight is 432 g/mol. The Hall–Kier alpha value is 2.54. The van der Waals surface area contributed by atoms with Crippen molar-refractivity contribution in [3.8, 4) is 0 Å². The zero-order valence-corrected chi connectivity index (χ0v) is 16.7. The second-order valence-corrected chi connectivity index (χ2v) is 3.00. The summed E-state index contributed by atoms with van der Waals surface area (Å²) >= 11 is 2.22. The van der Waals surface area contributed by atoms with Gasteiger partial charge in [0.25, 0.3) is 0 Å². The maximum absolute atomic E-state index is 4.49. The van der Waals surface area contributed by atoms with Gasteiger partial charge in [0.2, 0.25) is 0 Å². The number of halogens is 5. The summed E-state index contributed by atoms with van der Waals surface area (Å²) in [5.41, 5.74) is 0. The molecule has 0 heterocycles. The Balaban J connectivity index is -0.00000000726. The molecule has 0 nitrogen and oxygen atoms in total. The van der Waals surface area contributed by atoms with Crippen LogP contribution in [0.3, 0.4) is 0 Å². The van der Waals surface area contributed by atoms with Gasteiger partial charge in [-0.15, -0.1) is 0 Å². The van der Waals surface area contributed by atoms with E-state index in [1.807, 2.05) is 0 Å². The molecule has 15 heavy (non-hydrogen) atoms. The predicted octanol–water partition coefficient (Wildman–Crippen LogP) is -8.00. The van der Waals surface area contributed by atoms with Gasteiger partial charge in [0.05, 0.1) is 0 Å². The molecular formula is C8H21Cl5PPd-5. The van der Waals surface area contributed by atoms with E-state index < -0.39 is 0 Å². The van der Waals surface area contributed by atoms with Gasteiger partial charge in [-0.25, -0.2) is 0 Å². The van der Waals surface area contributed by atoms with Gasteiger partial charge in [-0.3, -0.25) is 0 Å². The third kappa shape index (κ3) is 541. The molecule has 1 unspecified atom stereocenters. The molecule has 0 saturated carbocycles. The summed E-state index contributed by atoms with van der Waals surface area (Å²) in [6, 6.07) is 0. The van der Waals surface area contributed by atoms with E-state index in [1.54, 1.807) is 0 Å². The third-order valence-electron chi connectivity index (χ3n) is 0. The minimum atomic E-state index is 0. The molecule has 0 radical (unpaired) electrons. The van der Waals surface area contributed by atoms with Crippen molar-refractivity contribution in [2.45, 2.75) is 41.5 Å². The van der Waals surface area contributed by atoms with Crippen LogP contribution in [0.4, 0.5) is 0 Å². The third-order valence-corrected chi connectivity index (χ3v) is 0. The first kappa shape index (κ1) is 52.7. The molecule has 0 aliphatic rings. The van der Waals surface area contributed by atoms with Crippen LogP contribution in [0.2, 0.25) is 0 Å². The van der Waals surface area contributed by atoms with E-state index in [0.29, 0.717) is 0 Å². The van der Waals surface area contributed by atoms with Crippen molar-refractivity contribution in [1.82, 2.24) is 0 Å². The quantitative estimate of drug-likeness (QED) is 0.203. The first-order chi connectivity index (χ1) is 4.46. The number of hydrogen-bond donors (Lipinski definition) is 0. The summed E-state index contributed by atoms with van der Waals surface area (Å²) in [6.45, 7) is 12.5. The standard InChI is InChI=1S/2C4H9.5ClH.H3P.Pd/c2*1-4(2)3;;;;;;;/h2*1-3H3;5*1H;1H3;/q2*-1;;;;;;;+2/p-5. The first-order valence-electron chi connectivity index (χ1n) is 3.12. The van der Waals surface area contributed by atoms with Gasteiger partial charge in [-0.1, -0.05) is 0 Å². The second-order valence-electron chi connectivity index (χ2n) is 3.00. The normalized spacial score (nSPS) is 5.27. The van der Waals surface area contributed by atoms with Crippen LogP contribution in [0.5, 0.6) is 0 Å². The van der Waals surface area contributed by atoms with Crippen LogP contribution in [0.25, 0.3) is 0 Å². The summed E-state index contributed by atoms with van der Waals surface area (Å²) in [7, 11) is 4.49. The van der Waals surface area contributed by atoms with Crippen molar-refractivity contribution in [3.05, 3.63) is 11.8 Å². The monoisotopic (exact) mass is 429 g/mol. The average Bonchev–Trinajstić information content (AvgIpc) is 1.66. The van der Waals surface area contributed by atoms with E-state index in [0.717, 1.165) is 0 Å². The summed E-state index contributed by atoms with van der Waals surface area (Å²) in [6.07, 6.45) is 0. The molecule has 108 valence electrons. The summed E-state index contributed by atoms with van der Waals surface area (Å²) < 4.78 is 0. The van der Waals surface area contributed by atoms with Crippen molar-refractivity contribution in [1.29, 1.82) is 0 Å². The molecule has 0 bridgehead atoms. The van der Waals surface area contributed by atoms with Crippen LogP contribution in [0.15, 0.2) is 0 Å². The molecule has 0 saturated heterocycles. The zero-order valence-electron chi connectivity index (χ0n) is 9.91. The molecule has 0 rings (SSSR count). The van der Waals surface area contributed by atoms with E-state index in [2.05, 4.69) is 69.3 Å². The number of hydrogen-bond acceptors (Lipinski definition) is 0. The summed E-state index contributed by atoms with van der Waals surface area (Å²) in [4.78, 5) is 0. The first-order valence-corrected chi connectivity index (χ1v) is 5.12. The molecular weight excluding hydrogens is 411 g/mol. The Kier molecular flexibility index (Phi) is 192. The molecule has 0 aromatic heterocycles. The molecule has 0 aliphatic heterocycles. The minimum absolute atomic E-state index is 0. The van der Waals surface area contributed by atoms with Crippen molar-refractivity contribution in [2.24, 2.45) is 0 Å². The van der Waals surface area contributed by atoms with Crippen LogP contribution in [-0.4, -0.2) is 0 Å². The van der Waals surface area contributed by atoms with Crippen LogP contribution in [0.1, 0.15) is 41.5 Å². The van der Waals surface area contributed by atoms with E-state index in [1.165, 1.54) is 11.8 Å². The Morgan fingerprint density at radius 1 is 0.600 bits per heavy atom. The van der Waals surface area contributed by atoms with Crippen molar-refractivity contribution >= 4 is 19.4 Å². The Morgan fingerprint density at radius 3 is 0.600 bits per heavy atom. The van der Waals surface area contributed by atoms with Crippen molar-refractivity contribution < 1.29 is 67.8 Å². The molecule has 0 N–H and O–H groups in total. The molecule has 0 aromatic carbocycles. The van der Waals surface area contributed by atoms with Crippen molar-refractivity contribution in [2.75, 3.05) is 0 Å². The molecule has 0 aromatic rings. The van der Waals surface area contributed by atoms with Gasteiger partial charge in [0, 0.05) is 0 Å². The summed E-state index contributed by atoms with van der Waals surface area (Å²) in [5.74, 6) is 2.83. The van der Waals surface area contributed by atoms with Crippen LogP contribution in [-0.2, 0) is 18.2 Å². The van der Waals surface area contributed by atoms with E-state index in [9.17, 15) is 0 Å². The molecule has 7 heteroatoms. The van der Waals surface area contributed by atoms with E-state index in [4.69, 9.17) is 0 Å². The molecule has 0 aliphatic carbocycles. The van der Waals surface area contributed by atoms with E-state index >= 15 is 0 Å². The van der Waals surface area contributed by atoms with Gasteiger partial charge in [0.15, 0.2) is 0 Å². The van der Waals surface area contributed by atoms with Crippen LogP contribution < -0.4 is 49.6 Å². The molecule has 0 amide bonds. The predicted molar refractivity (Wildman–Crippen MR) is 57.5 cm³/mol. The van der Waals surface area contributed by atoms with Gasteiger partial charge in [-0.2, -0.15) is 51.4 Å². The van der Waals surface area contributed by atoms with Gasteiger partial charge in [-0.05, 0) is 0 Å². The molecule has 0 spiro atoms. The SMILES string of the molecule is C[C-](C)C.C[C-](C)C.P.[Cl-].[Cl-].[Cl-].[Cl-].[Cl][Pd+]. The summed E-state index contributed by atoms with van der Waals surface area (Å²) in [5, 5.41) is 0. The Morgan fingerprint density at radius 2 is 0.600 bits per heavy atom. The fourth-order valence-electron chi connectivity index (χ4n) is 0. The molecule has 0 fully saturated rings. The number of rotatable bonds is 0. The fraction of sp³-hybridized carbons (Fsp3) is 0.750. The van der Waals surface area contributed by atoms with Crippen molar-refractivity contribution in [3.63, 3.8) is 0 Å². The van der Waals surface area contributed by atoms with Crippen LogP contribution >= 0.6 is 19.4 Å². The maximum atomic E-state index is 4.49. The Labute approximate surface area is 139 Å². The van der Waals surface area contributed by atoms with Crippen LogP contribution in [0, 0.1) is 11.8 Å². The van der Waals surface area contributed by atoms with Gasteiger partial charge in [0.1, 0.15) is 0 Å². The van der Waals surface area contributed by atoms with Gasteiger partial charge >= 0.3 is 27.7 Å². The Bertz CT molecular complexity index is 38.5.